The molecule has 1 aliphatic heterocycles. The van der Waals surface area contributed by atoms with Crippen LogP contribution in [0, 0.1) is 11.8 Å². The number of hydrogen-bond acceptors (Lipinski definition) is 3. The number of amides is 1. The van der Waals surface area contributed by atoms with Crippen LogP contribution >= 0.6 is 0 Å². The van der Waals surface area contributed by atoms with E-state index >= 15 is 0 Å². The Kier molecular flexibility index (Phi) is 4.36. The van der Waals surface area contributed by atoms with Gasteiger partial charge < -0.3 is 9.88 Å². The van der Waals surface area contributed by atoms with Gasteiger partial charge in [0.1, 0.15) is 5.69 Å². The number of aromatic amines is 2. The Bertz CT molecular complexity index is 1650. The standard InChI is InChI=1S/C28H23N5O/c1-4-33-24-16-23-22(15-20(24)28(2,3)27(33)34)29-26(30-23)25-19-13-12-18(14-21(19)31-32-25)11-10-17-8-6-5-7-9-17/h5-9,12-16H,4H2,1-3H3,(H,29,30)(H,31,32). The zero-order valence-electron chi connectivity index (χ0n) is 19.2. The van der Waals surface area contributed by atoms with E-state index in [1.165, 1.54) is 0 Å². The van der Waals surface area contributed by atoms with E-state index in [1.807, 2.05) is 80.3 Å². The summed E-state index contributed by atoms with van der Waals surface area (Å²) in [5.41, 5.74) is 6.69. The minimum atomic E-state index is -0.555. The predicted octanol–water partition coefficient (Wildman–Crippen LogP) is 5.15. The summed E-state index contributed by atoms with van der Waals surface area (Å²) < 4.78 is 0. The average Bonchev–Trinajstić information content (AvgIpc) is 3.50. The minimum Gasteiger partial charge on any atom is -0.337 e. The van der Waals surface area contributed by atoms with E-state index in [2.05, 4.69) is 33.1 Å². The maximum Gasteiger partial charge on any atom is 0.237 e. The van der Waals surface area contributed by atoms with Crippen LogP contribution in [0.4, 0.5) is 5.69 Å². The second-order valence-corrected chi connectivity index (χ2v) is 9.09. The molecule has 0 unspecified atom stereocenters. The predicted molar refractivity (Wildman–Crippen MR) is 135 cm³/mol. The van der Waals surface area contributed by atoms with Crippen LogP contribution in [0.25, 0.3) is 33.5 Å². The van der Waals surface area contributed by atoms with Gasteiger partial charge in [-0.15, -0.1) is 0 Å². The summed E-state index contributed by atoms with van der Waals surface area (Å²) in [6.45, 7) is 6.59. The number of nitrogens with zero attached hydrogens (tertiary/aromatic N) is 3. The van der Waals surface area contributed by atoms with Crippen LogP contribution in [0.15, 0.2) is 60.7 Å². The van der Waals surface area contributed by atoms with Crippen LogP contribution < -0.4 is 4.90 Å². The molecule has 6 rings (SSSR count). The molecule has 0 atom stereocenters. The summed E-state index contributed by atoms with van der Waals surface area (Å²) in [4.78, 5) is 22.9. The molecule has 1 amide bonds. The molecule has 34 heavy (non-hydrogen) atoms. The molecule has 0 saturated carbocycles. The Morgan fingerprint density at radius 1 is 0.971 bits per heavy atom. The molecule has 166 valence electrons. The highest BCUT2D eigenvalue weighted by Gasteiger charge is 2.43. The highest BCUT2D eigenvalue weighted by atomic mass is 16.2. The summed E-state index contributed by atoms with van der Waals surface area (Å²) in [6.07, 6.45) is 0. The fourth-order valence-corrected chi connectivity index (χ4v) is 4.70. The third kappa shape index (κ3) is 3.01. The highest BCUT2D eigenvalue weighted by Crippen LogP contribution is 2.43. The SMILES string of the molecule is CCN1C(=O)C(C)(C)c2cc3[nH]c(-c4n[nH]c5cc(C#Cc6ccccc6)ccc45)nc3cc21. The summed E-state index contributed by atoms with van der Waals surface area (Å²) >= 11 is 0. The van der Waals surface area contributed by atoms with Gasteiger partial charge in [0.15, 0.2) is 5.82 Å². The molecule has 0 radical (unpaired) electrons. The normalized spacial score (nSPS) is 14.4. The first-order valence-electron chi connectivity index (χ1n) is 11.4. The number of rotatable bonds is 2. The van der Waals surface area contributed by atoms with Crippen molar-refractivity contribution in [1.29, 1.82) is 0 Å². The first-order valence-corrected chi connectivity index (χ1v) is 11.4. The van der Waals surface area contributed by atoms with E-state index < -0.39 is 5.41 Å². The van der Waals surface area contributed by atoms with Gasteiger partial charge >= 0.3 is 0 Å². The number of nitrogens with one attached hydrogen (secondary N) is 2. The summed E-state index contributed by atoms with van der Waals surface area (Å²) in [5, 5.41) is 8.63. The molecule has 2 N–H and O–H groups in total. The average molecular weight is 446 g/mol. The van der Waals surface area contributed by atoms with E-state index in [1.54, 1.807) is 0 Å². The van der Waals surface area contributed by atoms with Crippen molar-refractivity contribution in [1.82, 2.24) is 20.2 Å². The van der Waals surface area contributed by atoms with Crippen LogP contribution in [0.2, 0.25) is 0 Å². The number of H-pyrrole nitrogens is 2. The lowest BCUT2D eigenvalue weighted by Crippen LogP contribution is -2.35. The summed E-state index contributed by atoms with van der Waals surface area (Å²) in [7, 11) is 0. The first kappa shape index (κ1) is 20.3. The van der Waals surface area contributed by atoms with E-state index in [0.717, 1.165) is 50.0 Å². The summed E-state index contributed by atoms with van der Waals surface area (Å²) in [5.74, 6) is 7.23. The fraction of sp³-hybridized carbons (Fsp3) is 0.179. The van der Waals surface area contributed by atoms with Crippen LogP contribution in [0.3, 0.4) is 0 Å². The van der Waals surface area contributed by atoms with Gasteiger partial charge in [-0.25, -0.2) is 4.98 Å². The van der Waals surface area contributed by atoms with Crippen molar-refractivity contribution in [3.05, 3.63) is 77.4 Å². The Balaban J connectivity index is 1.39. The molecule has 3 aromatic carbocycles. The number of anilines is 1. The van der Waals surface area contributed by atoms with E-state index in [4.69, 9.17) is 4.98 Å². The zero-order chi connectivity index (χ0) is 23.4. The Morgan fingerprint density at radius 2 is 1.76 bits per heavy atom. The summed E-state index contributed by atoms with van der Waals surface area (Å²) in [6, 6.07) is 20.0. The number of carbonyl (C=O) groups excluding carboxylic acids is 1. The maximum absolute atomic E-state index is 12.8. The number of imidazole rings is 1. The maximum atomic E-state index is 12.8. The molecule has 1 aliphatic rings. The number of benzene rings is 3. The second-order valence-electron chi connectivity index (χ2n) is 9.09. The van der Waals surface area contributed by atoms with Crippen molar-refractivity contribution in [3.8, 4) is 23.4 Å². The van der Waals surface area contributed by atoms with Gasteiger partial charge in [-0.2, -0.15) is 5.10 Å². The number of fused-ring (bicyclic) bond motifs is 3. The van der Waals surface area contributed by atoms with Crippen molar-refractivity contribution in [2.45, 2.75) is 26.2 Å². The second kappa shape index (κ2) is 7.32. The Labute approximate surface area is 197 Å². The molecule has 3 heterocycles. The number of carbonyl (C=O) groups is 1. The molecule has 0 fully saturated rings. The van der Waals surface area contributed by atoms with Crippen LogP contribution in [-0.4, -0.2) is 32.6 Å². The number of hydrogen-bond donors (Lipinski definition) is 2. The molecular weight excluding hydrogens is 422 g/mol. The lowest BCUT2D eigenvalue weighted by Gasteiger charge is -2.18. The topological polar surface area (TPSA) is 77.7 Å². The molecule has 0 aliphatic carbocycles. The van der Waals surface area contributed by atoms with Gasteiger partial charge in [-0.1, -0.05) is 30.0 Å². The van der Waals surface area contributed by atoms with Crippen molar-refractivity contribution in [2.75, 3.05) is 11.4 Å². The number of likely N-dealkylation sites (N-methyl/N-ethyl adjacent to an activating group) is 1. The number of aromatic nitrogens is 4. The van der Waals surface area contributed by atoms with Crippen molar-refractivity contribution in [3.63, 3.8) is 0 Å². The first-order chi connectivity index (χ1) is 16.5. The Morgan fingerprint density at radius 3 is 2.56 bits per heavy atom. The van der Waals surface area contributed by atoms with Crippen molar-refractivity contribution < 1.29 is 4.79 Å². The lowest BCUT2D eigenvalue weighted by molar-refractivity contribution is -0.122. The fourth-order valence-electron chi connectivity index (χ4n) is 4.70. The van der Waals surface area contributed by atoms with E-state index in [-0.39, 0.29) is 5.91 Å². The molecule has 0 saturated heterocycles. The molecule has 5 aromatic rings. The largest absolute Gasteiger partial charge is 0.337 e. The molecule has 0 spiro atoms. The third-order valence-corrected chi connectivity index (χ3v) is 6.57. The monoisotopic (exact) mass is 445 g/mol. The van der Waals surface area contributed by atoms with E-state index in [9.17, 15) is 4.79 Å². The van der Waals surface area contributed by atoms with Gasteiger partial charge in [-0.3, -0.25) is 9.89 Å². The molecular formula is C28H23N5O. The van der Waals surface area contributed by atoms with Gasteiger partial charge in [0.25, 0.3) is 0 Å². The highest BCUT2D eigenvalue weighted by molar-refractivity contribution is 6.09. The van der Waals surface area contributed by atoms with Crippen LogP contribution in [-0.2, 0) is 10.2 Å². The van der Waals surface area contributed by atoms with Gasteiger partial charge in [0.2, 0.25) is 5.91 Å². The lowest BCUT2D eigenvalue weighted by atomic mass is 9.86. The smallest absolute Gasteiger partial charge is 0.237 e. The van der Waals surface area contributed by atoms with Crippen LogP contribution in [0.1, 0.15) is 37.5 Å². The molecule has 6 heteroatoms. The van der Waals surface area contributed by atoms with E-state index in [0.29, 0.717) is 12.4 Å². The van der Waals surface area contributed by atoms with Crippen molar-refractivity contribution >= 4 is 33.5 Å². The molecule has 2 aromatic heterocycles. The minimum absolute atomic E-state index is 0.127. The molecule has 6 nitrogen and oxygen atoms in total. The third-order valence-electron chi connectivity index (χ3n) is 6.57. The zero-order valence-corrected chi connectivity index (χ0v) is 19.2. The van der Waals surface area contributed by atoms with Gasteiger partial charge in [0, 0.05) is 23.1 Å². The van der Waals surface area contributed by atoms with Gasteiger partial charge in [-0.05, 0) is 68.8 Å². The van der Waals surface area contributed by atoms with Gasteiger partial charge in [0.05, 0.1) is 27.7 Å². The molecule has 0 bridgehead atoms. The van der Waals surface area contributed by atoms with Crippen molar-refractivity contribution in [2.24, 2.45) is 0 Å². The van der Waals surface area contributed by atoms with Crippen LogP contribution in [0.5, 0.6) is 0 Å². The Hall–Kier alpha value is -4.37. The quantitative estimate of drug-likeness (QED) is 0.369.